The number of thiol groups is 1. The molecule has 1 atom stereocenters. The van der Waals surface area contributed by atoms with E-state index in [2.05, 4.69) is 52.0 Å². The Hall–Kier alpha value is -1.18. The largest absolute Gasteiger partial charge is 0.497 e. The van der Waals surface area contributed by atoms with Crippen LogP contribution in [-0.2, 0) is 4.75 Å². The van der Waals surface area contributed by atoms with Gasteiger partial charge in [-0.05, 0) is 63.1 Å². The van der Waals surface area contributed by atoms with Gasteiger partial charge in [-0.1, -0.05) is 24.3 Å². The van der Waals surface area contributed by atoms with Crippen LogP contribution < -0.4 is 9.47 Å². The van der Waals surface area contributed by atoms with E-state index >= 15 is 0 Å². The van der Waals surface area contributed by atoms with Crippen molar-refractivity contribution in [1.82, 2.24) is 0 Å². The third-order valence-corrected chi connectivity index (χ3v) is 13.3. The molecule has 0 spiro atoms. The van der Waals surface area contributed by atoms with E-state index in [-0.39, 0.29) is 4.75 Å². The third-order valence-electron chi connectivity index (χ3n) is 6.38. The zero-order valence-electron chi connectivity index (χ0n) is 17.5. The van der Waals surface area contributed by atoms with Crippen molar-refractivity contribution in [1.29, 1.82) is 0 Å². The first-order valence-corrected chi connectivity index (χ1v) is 12.6. The van der Waals surface area contributed by atoms with Gasteiger partial charge < -0.3 is 9.47 Å². The topological polar surface area (TPSA) is 18.5 Å². The van der Waals surface area contributed by atoms with Gasteiger partial charge in [0.25, 0.3) is 0 Å². The van der Waals surface area contributed by atoms with Crippen LogP contribution in [0.5, 0.6) is 11.5 Å². The molecule has 0 saturated heterocycles. The fraction of sp³-hybridized carbons (Fsp3) is 0.478. The lowest BCUT2D eigenvalue weighted by Gasteiger charge is -2.42. The summed E-state index contributed by atoms with van der Waals surface area (Å²) in [6.07, 6.45) is 3.74. The third kappa shape index (κ3) is 4.15. The van der Waals surface area contributed by atoms with Crippen molar-refractivity contribution in [2.75, 3.05) is 32.7 Å². The molecule has 0 heterocycles. The normalized spacial score (nSPS) is 13.3. The molecule has 0 fully saturated rings. The summed E-state index contributed by atoms with van der Waals surface area (Å²) in [5.74, 6) is 1.75. The maximum Gasteiger partial charge on any atom is 0.118 e. The SMILES string of the molecule is CC[P+](CC)(CC)C(C)C(S)(c1ccc(OC)cc1)c1ccc(OC)cc1. The maximum atomic E-state index is 5.42. The van der Waals surface area contributed by atoms with Gasteiger partial charge in [0.2, 0.25) is 0 Å². The molecule has 2 rings (SSSR count). The van der Waals surface area contributed by atoms with Crippen LogP contribution in [0.3, 0.4) is 0 Å². The fourth-order valence-electron chi connectivity index (χ4n) is 4.23. The molecule has 0 aromatic heterocycles. The van der Waals surface area contributed by atoms with Gasteiger partial charge >= 0.3 is 0 Å². The minimum Gasteiger partial charge on any atom is -0.497 e. The molecule has 0 N–H and O–H groups in total. The Bertz CT molecular complexity index is 652. The summed E-state index contributed by atoms with van der Waals surface area (Å²) in [6.45, 7) is 9.47. The van der Waals surface area contributed by atoms with Crippen LogP contribution in [0, 0.1) is 0 Å². The average molecular weight is 406 g/mol. The molecule has 0 bridgehead atoms. The van der Waals surface area contributed by atoms with Crippen molar-refractivity contribution in [2.24, 2.45) is 0 Å². The van der Waals surface area contributed by atoms with Gasteiger partial charge in [0.15, 0.2) is 0 Å². The first-order valence-electron chi connectivity index (χ1n) is 9.79. The second-order valence-electron chi connectivity index (χ2n) is 7.07. The highest BCUT2D eigenvalue weighted by Gasteiger charge is 2.51. The Labute approximate surface area is 171 Å². The predicted octanol–water partition coefficient (Wildman–Crippen LogP) is 6.34. The number of hydrogen-bond acceptors (Lipinski definition) is 3. The number of benzene rings is 2. The lowest BCUT2D eigenvalue weighted by molar-refractivity contribution is 0.414. The summed E-state index contributed by atoms with van der Waals surface area (Å²) in [7, 11) is 2.25. The van der Waals surface area contributed by atoms with Crippen molar-refractivity contribution >= 4 is 19.9 Å². The minimum absolute atomic E-state index is 0.353. The highest BCUT2D eigenvalue weighted by molar-refractivity contribution is 7.84. The van der Waals surface area contributed by atoms with Gasteiger partial charge in [-0.25, -0.2) is 0 Å². The number of ether oxygens (including phenoxy) is 2. The first kappa shape index (κ1) is 22.1. The second-order valence-corrected chi connectivity index (χ2v) is 12.9. The zero-order chi connectivity index (χ0) is 20.1. The predicted molar refractivity (Wildman–Crippen MR) is 124 cm³/mol. The quantitative estimate of drug-likeness (QED) is 0.387. The van der Waals surface area contributed by atoms with Crippen LogP contribution in [0.1, 0.15) is 38.8 Å². The van der Waals surface area contributed by atoms with E-state index in [9.17, 15) is 0 Å². The Morgan fingerprint density at radius 1 is 0.778 bits per heavy atom. The van der Waals surface area contributed by atoms with Crippen LogP contribution in [0.25, 0.3) is 0 Å². The molecule has 0 radical (unpaired) electrons. The van der Waals surface area contributed by atoms with Crippen molar-refractivity contribution in [3.8, 4) is 11.5 Å². The van der Waals surface area contributed by atoms with Gasteiger partial charge in [0.1, 0.15) is 11.5 Å². The average Bonchev–Trinajstić information content (AvgIpc) is 2.74. The molecule has 0 aliphatic carbocycles. The molecule has 4 heteroatoms. The van der Waals surface area contributed by atoms with Gasteiger partial charge in [0, 0.05) is 7.26 Å². The number of hydrogen-bond donors (Lipinski definition) is 1. The molecular weight excluding hydrogens is 371 g/mol. The summed E-state index contributed by atoms with van der Waals surface area (Å²) in [4.78, 5) is 0. The Morgan fingerprint density at radius 2 is 1.11 bits per heavy atom. The van der Waals surface area contributed by atoms with E-state index in [1.165, 1.54) is 29.6 Å². The van der Waals surface area contributed by atoms with Gasteiger partial charge in [-0.2, -0.15) is 12.6 Å². The molecule has 2 nitrogen and oxygen atoms in total. The Morgan fingerprint density at radius 3 is 1.37 bits per heavy atom. The highest BCUT2D eigenvalue weighted by atomic mass is 32.1. The Balaban J connectivity index is 2.65. The standard InChI is InChI=1S/C23H33O2PS/c1-7-26(8-2,9-3)18(4)23(27,19-10-14-21(24-5)15-11-19)20-12-16-22(25-6)17-13-20/h10-18H,7-9H2,1-6H3/p+1. The number of rotatable bonds is 9. The fourth-order valence-corrected chi connectivity index (χ4v) is 9.34. The molecule has 27 heavy (non-hydrogen) atoms. The van der Waals surface area contributed by atoms with Crippen molar-refractivity contribution in [2.45, 2.75) is 38.1 Å². The van der Waals surface area contributed by atoms with E-state index in [0.717, 1.165) is 11.5 Å². The van der Waals surface area contributed by atoms with Crippen LogP contribution in [0.15, 0.2) is 48.5 Å². The highest BCUT2D eigenvalue weighted by Crippen LogP contribution is 2.68. The maximum absolute atomic E-state index is 5.42. The van der Waals surface area contributed by atoms with Crippen molar-refractivity contribution < 1.29 is 9.47 Å². The summed E-state index contributed by atoms with van der Waals surface area (Å²) in [5.41, 5.74) is 2.91. The van der Waals surface area contributed by atoms with Crippen LogP contribution in [-0.4, -0.2) is 38.4 Å². The van der Waals surface area contributed by atoms with Gasteiger partial charge in [0.05, 0.1) is 43.1 Å². The van der Waals surface area contributed by atoms with E-state index in [1.807, 2.05) is 24.3 Å². The molecule has 0 amide bonds. The number of methoxy groups -OCH3 is 2. The smallest absolute Gasteiger partial charge is 0.118 e. The summed E-state index contributed by atoms with van der Waals surface area (Å²) in [5, 5.41) is 0. The molecule has 2 aromatic rings. The van der Waals surface area contributed by atoms with E-state index in [1.54, 1.807) is 14.2 Å². The van der Waals surface area contributed by atoms with Crippen molar-refractivity contribution in [3.05, 3.63) is 59.7 Å². The molecule has 0 aliphatic rings. The lowest BCUT2D eigenvalue weighted by Crippen LogP contribution is -2.37. The van der Waals surface area contributed by atoms with E-state index in [4.69, 9.17) is 22.1 Å². The molecule has 0 saturated carbocycles. The minimum atomic E-state index is -1.16. The summed E-state index contributed by atoms with van der Waals surface area (Å²) in [6, 6.07) is 16.8. The van der Waals surface area contributed by atoms with Crippen LogP contribution in [0.2, 0.25) is 0 Å². The van der Waals surface area contributed by atoms with Gasteiger partial charge in [-0.3, -0.25) is 0 Å². The second kappa shape index (κ2) is 9.34. The van der Waals surface area contributed by atoms with Crippen molar-refractivity contribution in [3.63, 3.8) is 0 Å². The first-order chi connectivity index (χ1) is 12.9. The van der Waals surface area contributed by atoms with Gasteiger partial charge in [-0.15, -0.1) is 0 Å². The summed E-state index contributed by atoms with van der Waals surface area (Å²) >= 11 is 5.42. The van der Waals surface area contributed by atoms with E-state index in [0.29, 0.717) is 5.66 Å². The summed E-state index contributed by atoms with van der Waals surface area (Å²) < 4.78 is 10.4. The van der Waals surface area contributed by atoms with Crippen LogP contribution in [0.4, 0.5) is 0 Å². The van der Waals surface area contributed by atoms with Crippen LogP contribution >= 0.6 is 19.9 Å². The zero-order valence-corrected chi connectivity index (χ0v) is 19.3. The lowest BCUT2D eigenvalue weighted by atomic mass is 9.87. The molecule has 148 valence electrons. The molecule has 1 unspecified atom stereocenters. The monoisotopic (exact) mass is 405 g/mol. The Kier molecular flexibility index (Phi) is 7.65. The molecule has 0 aliphatic heterocycles. The molecule has 2 aromatic carbocycles. The van der Waals surface area contributed by atoms with E-state index < -0.39 is 7.26 Å². The molecular formula is C23H34O2PS+.